The lowest BCUT2D eigenvalue weighted by molar-refractivity contribution is -0.384. The monoisotopic (exact) mass is 495 g/mol. The zero-order valence-electron chi connectivity index (χ0n) is 17.2. The van der Waals surface area contributed by atoms with Crippen molar-refractivity contribution in [1.82, 2.24) is 4.90 Å². The summed E-state index contributed by atoms with van der Waals surface area (Å²) < 4.78 is 5.52. The van der Waals surface area contributed by atoms with Gasteiger partial charge in [0.2, 0.25) is 0 Å². The second-order valence-electron chi connectivity index (χ2n) is 7.05. The Kier molecular flexibility index (Phi) is 6.35. The molecule has 34 heavy (non-hydrogen) atoms. The predicted octanol–water partition coefficient (Wildman–Crippen LogP) is 4.45. The van der Waals surface area contributed by atoms with Gasteiger partial charge in [-0.3, -0.25) is 24.5 Å². The van der Waals surface area contributed by atoms with Crippen LogP contribution in [0.3, 0.4) is 0 Å². The van der Waals surface area contributed by atoms with Crippen LogP contribution < -0.4 is 4.90 Å². The van der Waals surface area contributed by atoms with Crippen molar-refractivity contribution in [3.63, 3.8) is 0 Å². The molecule has 0 radical (unpaired) electrons. The highest BCUT2D eigenvalue weighted by molar-refractivity contribution is 7.80. The van der Waals surface area contributed by atoms with Gasteiger partial charge in [0.1, 0.15) is 0 Å². The average Bonchev–Trinajstić information content (AvgIpc) is 3.08. The number of anilines is 1. The Morgan fingerprint density at radius 3 is 2.21 bits per heavy atom. The molecule has 3 aromatic carbocycles. The molecular formula is C23H14ClN3O6S. The third kappa shape index (κ3) is 4.36. The molecule has 1 aliphatic rings. The van der Waals surface area contributed by atoms with Crippen molar-refractivity contribution in [2.24, 2.45) is 0 Å². The van der Waals surface area contributed by atoms with Crippen molar-refractivity contribution in [1.29, 1.82) is 0 Å². The minimum absolute atomic E-state index is 0.0177. The summed E-state index contributed by atoms with van der Waals surface area (Å²) in [5.74, 6) is -1.81. The zero-order valence-corrected chi connectivity index (χ0v) is 18.8. The van der Waals surface area contributed by atoms with Gasteiger partial charge >= 0.3 is 0 Å². The number of nitro groups is 1. The fourth-order valence-corrected chi connectivity index (χ4v) is 3.69. The molecule has 0 atom stereocenters. The Morgan fingerprint density at radius 1 is 1.00 bits per heavy atom. The molecule has 4 rings (SSSR count). The van der Waals surface area contributed by atoms with Crippen LogP contribution in [0.2, 0.25) is 5.02 Å². The van der Waals surface area contributed by atoms with E-state index >= 15 is 0 Å². The summed E-state index contributed by atoms with van der Waals surface area (Å²) in [6, 6.07) is 17.5. The molecule has 3 aromatic rings. The van der Waals surface area contributed by atoms with E-state index in [0.717, 1.165) is 15.9 Å². The van der Waals surface area contributed by atoms with E-state index in [1.807, 2.05) is 0 Å². The molecule has 170 valence electrons. The molecule has 0 fully saturated rings. The lowest BCUT2D eigenvalue weighted by Gasteiger charge is -2.24. The number of ether oxygens (including phenoxy) is 1. The lowest BCUT2D eigenvalue weighted by Crippen LogP contribution is -2.41. The first-order chi connectivity index (χ1) is 16.3. The first-order valence-electron chi connectivity index (χ1n) is 9.74. The third-order valence-electron chi connectivity index (χ3n) is 4.97. The van der Waals surface area contributed by atoms with Crippen molar-refractivity contribution in [2.45, 2.75) is 0 Å². The number of carbonyl (C=O) groups excluding carboxylic acids is 3. The smallest absolute Gasteiger partial charge is 0.272 e. The molecule has 0 aromatic heterocycles. The highest BCUT2D eigenvalue weighted by Crippen LogP contribution is 2.25. The summed E-state index contributed by atoms with van der Waals surface area (Å²) in [5, 5.41) is 11.2. The van der Waals surface area contributed by atoms with Crippen LogP contribution in [0, 0.1) is 10.1 Å². The molecule has 0 saturated heterocycles. The van der Waals surface area contributed by atoms with E-state index in [2.05, 4.69) is 0 Å². The van der Waals surface area contributed by atoms with Crippen molar-refractivity contribution in [3.8, 4) is 0 Å². The van der Waals surface area contributed by atoms with E-state index in [9.17, 15) is 24.5 Å². The van der Waals surface area contributed by atoms with Crippen molar-refractivity contribution >= 4 is 58.1 Å². The summed E-state index contributed by atoms with van der Waals surface area (Å²) in [7, 11) is 0. The molecule has 1 aliphatic heterocycles. The number of hydrogen-bond donors (Lipinski definition) is 0. The molecule has 11 heteroatoms. The highest BCUT2D eigenvalue weighted by Gasteiger charge is 2.36. The van der Waals surface area contributed by atoms with Crippen LogP contribution in [0.4, 0.5) is 11.4 Å². The van der Waals surface area contributed by atoms with Gasteiger partial charge in [-0.25, -0.2) is 9.80 Å². The number of hydrogen-bond acceptors (Lipinski definition) is 7. The van der Waals surface area contributed by atoms with Crippen LogP contribution in [0.15, 0.2) is 72.8 Å². The van der Waals surface area contributed by atoms with Crippen LogP contribution >= 0.6 is 23.8 Å². The van der Waals surface area contributed by atoms with Crippen LogP contribution in [0.1, 0.15) is 31.1 Å². The van der Waals surface area contributed by atoms with E-state index in [4.69, 9.17) is 28.6 Å². The zero-order chi connectivity index (χ0) is 24.4. The molecule has 0 spiro atoms. The summed E-state index contributed by atoms with van der Waals surface area (Å²) in [6.45, 7) is -0.530. The highest BCUT2D eigenvalue weighted by atomic mass is 35.5. The van der Waals surface area contributed by atoms with E-state index < -0.39 is 29.4 Å². The minimum atomic E-state index is -0.710. The number of thiocarbonyl (C=S) groups is 1. The summed E-state index contributed by atoms with van der Waals surface area (Å²) in [6.07, 6.45) is 0. The summed E-state index contributed by atoms with van der Waals surface area (Å²) in [5.41, 5.74) is 0.456. The SMILES string of the molecule is O=C1c2ccccc2C(=O)N1COC(=S)N(C(=O)c1cccc([N+](=O)[O-])c1)c1ccc(Cl)cc1. The standard InChI is InChI=1S/C23H14ClN3O6S/c24-15-8-10-16(11-9-15)26(20(28)14-4-3-5-17(12-14)27(31)32)23(34)33-13-25-21(29)18-6-1-2-7-19(18)22(25)30/h1-12H,13H2. The van der Waals surface area contributed by atoms with Crippen LogP contribution in [-0.4, -0.2) is 39.5 Å². The molecule has 0 unspecified atom stereocenters. The number of halogens is 1. The third-order valence-corrected chi connectivity index (χ3v) is 5.52. The van der Waals surface area contributed by atoms with E-state index in [-0.39, 0.29) is 33.2 Å². The van der Waals surface area contributed by atoms with Gasteiger partial charge in [-0.1, -0.05) is 29.8 Å². The topological polar surface area (TPSA) is 110 Å². The summed E-state index contributed by atoms with van der Waals surface area (Å²) in [4.78, 5) is 50.8. The molecule has 0 aliphatic carbocycles. The molecule has 3 amide bonds. The maximum absolute atomic E-state index is 13.3. The lowest BCUT2D eigenvalue weighted by atomic mass is 10.1. The van der Waals surface area contributed by atoms with Gasteiger partial charge in [0.25, 0.3) is 28.6 Å². The van der Waals surface area contributed by atoms with Crippen molar-refractivity contribution < 1.29 is 24.0 Å². The van der Waals surface area contributed by atoms with Gasteiger partial charge in [-0.2, -0.15) is 0 Å². The second-order valence-corrected chi connectivity index (χ2v) is 7.83. The molecule has 0 saturated carbocycles. The van der Waals surface area contributed by atoms with Gasteiger partial charge in [-0.05, 0) is 54.7 Å². The molecular weight excluding hydrogens is 482 g/mol. The number of amides is 3. The molecule has 1 heterocycles. The summed E-state index contributed by atoms with van der Waals surface area (Å²) >= 11 is 11.3. The molecule has 9 nitrogen and oxygen atoms in total. The van der Waals surface area contributed by atoms with Gasteiger partial charge in [0.15, 0.2) is 6.73 Å². The van der Waals surface area contributed by atoms with Crippen molar-refractivity contribution in [3.05, 3.63) is 105 Å². The number of carbonyl (C=O) groups is 3. The van der Waals surface area contributed by atoms with Gasteiger partial charge < -0.3 is 4.74 Å². The average molecular weight is 496 g/mol. The Morgan fingerprint density at radius 2 is 1.62 bits per heavy atom. The Labute approximate surface area is 203 Å². The van der Waals surface area contributed by atoms with Gasteiger partial charge in [-0.15, -0.1) is 0 Å². The largest absolute Gasteiger partial charge is 0.448 e. The maximum Gasteiger partial charge on any atom is 0.272 e. The number of benzene rings is 3. The number of fused-ring (bicyclic) bond motifs is 1. The Balaban J connectivity index is 1.60. The Hall–Kier alpha value is -4.15. The fraction of sp³-hybridized carbons (Fsp3) is 0.0435. The van der Waals surface area contributed by atoms with E-state index in [0.29, 0.717) is 5.02 Å². The second kappa shape index (κ2) is 9.38. The predicted molar refractivity (Wildman–Crippen MR) is 127 cm³/mol. The van der Waals surface area contributed by atoms with Crippen LogP contribution in [0.25, 0.3) is 0 Å². The quantitative estimate of drug-likeness (QED) is 0.222. The number of imide groups is 1. The van der Waals surface area contributed by atoms with E-state index in [1.165, 1.54) is 54.6 Å². The number of non-ortho nitro benzene ring substituents is 1. The normalized spacial score (nSPS) is 12.3. The first kappa shape index (κ1) is 23.0. The van der Waals surface area contributed by atoms with E-state index in [1.54, 1.807) is 12.1 Å². The fourth-order valence-electron chi connectivity index (χ4n) is 3.32. The molecule has 0 bridgehead atoms. The molecule has 0 N–H and O–H groups in total. The van der Waals surface area contributed by atoms with Crippen LogP contribution in [0.5, 0.6) is 0 Å². The Bertz CT molecular complexity index is 1310. The number of nitrogens with zero attached hydrogens (tertiary/aromatic N) is 3. The maximum atomic E-state index is 13.3. The number of rotatable bonds is 5. The van der Waals surface area contributed by atoms with Crippen LogP contribution in [-0.2, 0) is 4.74 Å². The number of nitro benzene ring substituents is 1. The first-order valence-corrected chi connectivity index (χ1v) is 10.5. The minimum Gasteiger partial charge on any atom is -0.448 e. The van der Waals surface area contributed by atoms with Crippen molar-refractivity contribution in [2.75, 3.05) is 11.6 Å². The van der Waals surface area contributed by atoms with Gasteiger partial charge in [0.05, 0.1) is 21.7 Å². The van der Waals surface area contributed by atoms with Gasteiger partial charge in [0, 0.05) is 22.7 Å².